The number of halogens is 1. The maximum atomic E-state index is 5.76. The van der Waals surface area contributed by atoms with E-state index in [2.05, 4.69) is 35.4 Å². The summed E-state index contributed by atoms with van der Waals surface area (Å²) in [6, 6.07) is 4.34. The number of likely N-dealkylation sites (tertiary alicyclic amines) is 1. The van der Waals surface area contributed by atoms with Gasteiger partial charge in [-0.25, -0.2) is 0 Å². The van der Waals surface area contributed by atoms with E-state index in [4.69, 9.17) is 14.1 Å². The summed E-state index contributed by atoms with van der Waals surface area (Å²) in [6.45, 7) is 10.7. The molecule has 2 fully saturated rings. The van der Waals surface area contributed by atoms with Crippen molar-refractivity contribution in [3.8, 4) is 0 Å². The normalized spacial score (nSPS) is 20.1. The maximum Gasteiger partial charge on any atom is 0.191 e. The molecule has 1 aliphatic heterocycles. The molecule has 2 heterocycles. The van der Waals surface area contributed by atoms with Gasteiger partial charge in [0.05, 0.1) is 12.3 Å². The average molecular weight is 533 g/mol. The summed E-state index contributed by atoms with van der Waals surface area (Å²) in [7, 11) is 0. The van der Waals surface area contributed by atoms with Crippen molar-refractivity contribution < 1.29 is 9.15 Å². The van der Waals surface area contributed by atoms with Crippen LogP contribution >= 0.6 is 24.0 Å². The van der Waals surface area contributed by atoms with Crippen LogP contribution in [0.15, 0.2) is 27.8 Å². The second-order valence-corrected chi connectivity index (χ2v) is 8.50. The van der Waals surface area contributed by atoms with E-state index in [1.54, 1.807) is 6.26 Å². The summed E-state index contributed by atoms with van der Waals surface area (Å²) in [5.74, 6) is 1.96. The van der Waals surface area contributed by atoms with E-state index in [0.29, 0.717) is 5.41 Å². The molecule has 0 aromatic carbocycles. The molecule has 1 unspecified atom stereocenters. The minimum atomic E-state index is 0. The van der Waals surface area contributed by atoms with Gasteiger partial charge in [0.2, 0.25) is 0 Å². The third-order valence-electron chi connectivity index (χ3n) is 6.48. The fourth-order valence-corrected chi connectivity index (χ4v) is 4.77. The lowest BCUT2D eigenvalue weighted by Gasteiger charge is -2.29. The zero-order chi connectivity index (χ0) is 20.4. The number of aliphatic imine (C=N–C) groups is 1. The van der Waals surface area contributed by atoms with E-state index < -0.39 is 0 Å². The summed E-state index contributed by atoms with van der Waals surface area (Å²) in [4.78, 5) is 7.54. The van der Waals surface area contributed by atoms with Crippen LogP contribution in [0, 0.1) is 5.41 Å². The van der Waals surface area contributed by atoms with Crippen LogP contribution in [0.5, 0.6) is 0 Å². The molecule has 0 amide bonds. The molecule has 0 spiro atoms. The van der Waals surface area contributed by atoms with Gasteiger partial charge in [-0.3, -0.25) is 9.89 Å². The van der Waals surface area contributed by atoms with Crippen molar-refractivity contribution in [3.05, 3.63) is 24.2 Å². The number of hydrogen-bond donors (Lipinski definition) is 2. The van der Waals surface area contributed by atoms with Crippen LogP contribution < -0.4 is 10.6 Å². The third-order valence-corrected chi connectivity index (χ3v) is 6.48. The maximum absolute atomic E-state index is 5.76. The van der Waals surface area contributed by atoms with Crippen molar-refractivity contribution in [2.75, 3.05) is 45.9 Å². The highest BCUT2D eigenvalue weighted by molar-refractivity contribution is 14.0. The Labute approximate surface area is 199 Å². The summed E-state index contributed by atoms with van der Waals surface area (Å²) in [6.07, 6.45) is 10.6. The van der Waals surface area contributed by atoms with Gasteiger partial charge in [-0.15, -0.1) is 24.0 Å². The first-order chi connectivity index (χ1) is 14.3. The summed E-state index contributed by atoms with van der Waals surface area (Å²) >= 11 is 0. The van der Waals surface area contributed by atoms with E-state index in [9.17, 15) is 0 Å². The van der Waals surface area contributed by atoms with Gasteiger partial charge < -0.3 is 19.8 Å². The Morgan fingerprint density at radius 2 is 1.97 bits per heavy atom. The molecular formula is C23H41IN4O2. The zero-order valence-corrected chi connectivity index (χ0v) is 21.2. The number of rotatable bonds is 11. The molecular weight excluding hydrogens is 491 g/mol. The summed E-state index contributed by atoms with van der Waals surface area (Å²) in [5.41, 5.74) is 0.312. The molecule has 7 heteroatoms. The quantitative estimate of drug-likeness (QED) is 0.189. The van der Waals surface area contributed by atoms with Gasteiger partial charge in [0.15, 0.2) is 5.96 Å². The highest BCUT2D eigenvalue weighted by atomic mass is 127. The van der Waals surface area contributed by atoms with Crippen LogP contribution in [-0.4, -0.2) is 56.8 Å². The van der Waals surface area contributed by atoms with Gasteiger partial charge in [0.25, 0.3) is 0 Å². The monoisotopic (exact) mass is 532 g/mol. The summed E-state index contributed by atoms with van der Waals surface area (Å²) in [5, 5.41) is 7.04. The van der Waals surface area contributed by atoms with Crippen molar-refractivity contribution in [2.24, 2.45) is 10.4 Å². The van der Waals surface area contributed by atoms with Crippen LogP contribution in [-0.2, 0) is 4.74 Å². The summed E-state index contributed by atoms with van der Waals surface area (Å²) < 4.78 is 11.4. The van der Waals surface area contributed by atoms with Crippen LogP contribution in [0.4, 0.5) is 0 Å². The first-order valence-corrected chi connectivity index (χ1v) is 11.6. The molecule has 1 aromatic rings. The molecule has 1 aromatic heterocycles. The molecule has 0 radical (unpaired) electrons. The molecule has 30 heavy (non-hydrogen) atoms. The van der Waals surface area contributed by atoms with Gasteiger partial charge >= 0.3 is 0 Å². The van der Waals surface area contributed by atoms with E-state index >= 15 is 0 Å². The fraction of sp³-hybridized carbons (Fsp3) is 0.783. The van der Waals surface area contributed by atoms with Gasteiger partial charge in [0.1, 0.15) is 5.76 Å². The van der Waals surface area contributed by atoms with E-state index in [-0.39, 0.29) is 30.0 Å². The van der Waals surface area contributed by atoms with Crippen LogP contribution in [0.1, 0.15) is 70.6 Å². The Morgan fingerprint density at radius 3 is 2.60 bits per heavy atom. The molecule has 1 atom stereocenters. The van der Waals surface area contributed by atoms with Crippen molar-refractivity contribution in [1.82, 2.24) is 15.5 Å². The van der Waals surface area contributed by atoms with Crippen LogP contribution in [0.2, 0.25) is 0 Å². The minimum absolute atomic E-state index is 0. The van der Waals surface area contributed by atoms with Gasteiger partial charge in [-0.1, -0.05) is 12.8 Å². The molecule has 2 N–H and O–H groups in total. The van der Waals surface area contributed by atoms with Crippen LogP contribution in [0.3, 0.4) is 0 Å². The predicted octanol–water partition coefficient (Wildman–Crippen LogP) is 4.58. The lowest BCUT2D eigenvalue weighted by molar-refractivity contribution is 0.107. The number of guanidine groups is 1. The van der Waals surface area contributed by atoms with E-state index in [0.717, 1.165) is 64.1 Å². The van der Waals surface area contributed by atoms with Crippen molar-refractivity contribution in [2.45, 2.75) is 64.8 Å². The smallest absolute Gasteiger partial charge is 0.191 e. The standard InChI is InChI=1S/C23H40N4O2.HI/c1-3-24-22(26-19-23(11-5-6-12-23)13-17-28-4-2)25-18-20(21-10-9-16-29-21)27-14-7-8-15-27;/h9-10,16,20H,3-8,11-15,17-19H2,1-2H3,(H2,24,25,26);1H. The molecule has 3 rings (SSSR count). The second-order valence-electron chi connectivity index (χ2n) is 8.50. The zero-order valence-electron chi connectivity index (χ0n) is 18.8. The minimum Gasteiger partial charge on any atom is -0.468 e. The molecule has 1 saturated carbocycles. The third kappa shape index (κ3) is 7.41. The highest BCUT2D eigenvalue weighted by Gasteiger charge is 2.33. The largest absolute Gasteiger partial charge is 0.468 e. The van der Waals surface area contributed by atoms with Crippen molar-refractivity contribution in [1.29, 1.82) is 0 Å². The second kappa shape index (κ2) is 13.6. The van der Waals surface area contributed by atoms with Crippen molar-refractivity contribution in [3.63, 3.8) is 0 Å². The number of hydrogen-bond acceptors (Lipinski definition) is 4. The molecule has 1 aliphatic carbocycles. The predicted molar refractivity (Wildman–Crippen MR) is 134 cm³/mol. The Balaban J connectivity index is 0.00000320. The molecule has 6 nitrogen and oxygen atoms in total. The lowest BCUT2D eigenvalue weighted by Crippen LogP contribution is -2.43. The molecule has 172 valence electrons. The van der Waals surface area contributed by atoms with Crippen molar-refractivity contribution >= 4 is 29.9 Å². The molecule has 1 saturated heterocycles. The number of nitrogens with zero attached hydrogens (tertiary/aromatic N) is 2. The Hall–Kier alpha value is -0.800. The number of furan rings is 1. The van der Waals surface area contributed by atoms with Gasteiger partial charge in [0, 0.05) is 32.8 Å². The Morgan fingerprint density at radius 1 is 1.20 bits per heavy atom. The first-order valence-electron chi connectivity index (χ1n) is 11.6. The number of nitrogens with one attached hydrogen (secondary N) is 2. The van der Waals surface area contributed by atoms with E-state index in [1.165, 1.54) is 38.5 Å². The highest BCUT2D eigenvalue weighted by Crippen LogP contribution is 2.41. The fourth-order valence-electron chi connectivity index (χ4n) is 4.77. The Bertz CT molecular complexity index is 596. The average Bonchev–Trinajstić information content (AvgIpc) is 3.50. The molecule has 0 bridgehead atoms. The SMILES string of the molecule is CCNC(=NCC1(CCOCC)CCCC1)NCC(c1ccco1)N1CCCC1.I. The first kappa shape index (κ1) is 25.5. The van der Waals surface area contributed by atoms with Crippen LogP contribution in [0.25, 0.3) is 0 Å². The molecule has 2 aliphatic rings. The number of ether oxygens (including phenoxy) is 1. The Kier molecular flexibility index (Phi) is 11.5. The van der Waals surface area contributed by atoms with Gasteiger partial charge in [-0.2, -0.15) is 0 Å². The van der Waals surface area contributed by atoms with Gasteiger partial charge in [-0.05, 0) is 76.6 Å². The topological polar surface area (TPSA) is 62.0 Å². The lowest BCUT2D eigenvalue weighted by atomic mass is 9.83. The van der Waals surface area contributed by atoms with E-state index in [1.807, 2.05) is 6.07 Å².